The van der Waals surface area contributed by atoms with Crippen molar-refractivity contribution >= 4 is 57.5 Å². The van der Waals surface area contributed by atoms with Gasteiger partial charge in [0.2, 0.25) is 0 Å². The van der Waals surface area contributed by atoms with Gasteiger partial charge in [-0.1, -0.05) is 54.1 Å². The first-order valence-corrected chi connectivity index (χ1v) is 11.8. The van der Waals surface area contributed by atoms with Gasteiger partial charge in [0.1, 0.15) is 16.5 Å². The Bertz CT molecular complexity index is 1640. The Morgan fingerprint density at radius 1 is 0.789 bits per heavy atom. The number of methoxy groups -OCH3 is 1. The summed E-state index contributed by atoms with van der Waals surface area (Å²) >= 11 is 6.21. The first kappa shape index (κ1) is 24.7. The van der Waals surface area contributed by atoms with Crippen molar-refractivity contribution in [2.45, 2.75) is 0 Å². The van der Waals surface area contributed by atoms with E-state index in [2.05, 4.69) is 5.32 Å². The minimum Gasteiger partial charge on any atom is -0.465 e. The monoisotopic (exact) mass is 526 g/mol. The zero-order valence-corrected chi connectivity index (χ0v) is 20.7. The summed E-state index contributed by atoms with van der Waals surface area (Å²) in [5.74, 6) is -2.37. The molecule has 9 heteroatoms. The highest BCUT2D eigenvalue weighted by molar-refractivity contribution is 6.53. The Kier molecular flexibility index (Phi) is 6.64. The van der Waals surface area contributed by atoms with E-state index in [0.717, 1.165) is 15.7 Å². The third kappa shape index (κ3) is 4.60. The molecule has 0 aromatic heterocycles. The van der Waals surface area contributed by atoms with Gasteiger partial charge in [-0.25, -0.2) is 14.5 Å². The van der Waals surface area contributed by atoms with Crippen LogP contribution in [0.15, 0.2) is 102 Å². The fourth-order valence-electron chi connectivity index (χ4n) is 4.01. The minimum absolute atomic E-state index is 0.0386. The summed E-state index contributed by atoms with van der Waals surface area (Å²) in [7, 11) is 1.20. The van der Waals surface area contributed by atoms with Crippen LogP contribution in [0.25, 0.3) is 10.8 Å². The van der Waals surface area contributed by atoms with Gasteiger partial charge in [-0.3, -0.25) is 9.59 Å². The number of nitrogens with one attached hydrogen (secondary N) is 1. The number of rotatable bonds is 6. The molecule has 188 valence electrons. The molecule has 2 amide bonds. The zero-order valence-electron chi connectivity index (χ0n) is 19.9. The molecule has 0 fully saturated rings. The summed E-state index contributed by atoms with van der Waals surface area (Å²) in [6.45, 7) is 0. The third-order valence-electron chi connectivity index (χ3n) is 5.90. The molecule has 5 rings (SSSR count). The van der Waals surface area contributed by atoms with Crippen molar-refractivity contribution in [3.05, 3.63) is 113 Å². The molecule has 1 aliphatic rings. The van der Waals surface area contributed by atoms with Gasteiger partial charge in [-0.2, -0.15) is 0 Å². The molecule has 8 nitrogen and oxygen atoms in total. The van der Waals surface area contributed by atoms with Gasteiger partial charge in [0.25, 0.3) is 11.8 Å². The lowest BCUT2D eigenvalue weighted by Gasteiger charge is -2.17. The Balaban J connectivity index is 1.31. The summed E-state index contributed by atoms with van der Waals surface area (Å²) < 4.78 is 10.3. The van der Waals surface area contributed by atoms with Crippen LogP contribution in [0.2, 0.25) is 0 Å². The molecule has 4 aromatic rings. The van der Waals surface area contributed by atoms with E-state index in [4.69, 9.17) is 21.1 Å². The van der Waals surface area contributed by atoms with E-state index in [1.807, 2.05) is 30.3 Å². The maximum atomic E-state index is 13.1. The number of nitrogens with zero attached hydrogens (tertiary/aromatic N) is 1. The van der Waals surface area contributed by atoms with Crippen molar-refractivity contribution in [2.24, 2.45) is 0 Å². The van der Waals surface area contributed by atoms with Gasteiger partial charge in [0.05, 0.1) is 23.9 Å². The largest absolute Gasteiger partial charge is 0.465 e. The van der Waals surface area contributed by atoms with E-state index in [-0.39, 0.29) is 27.5 Å². The van der Waals surface area contributed by atoms with E-state index in [1.54, 1.807) is 36.4 Å². The first-order chi connectivity index (χ1) is 18.4. The number of anilines is 2. The van der Waals surface area contributed by atoms with Crippen LogP contribution in [-0.4, -0.2) is 30.9 Å². The van der Waals surface area contributed by atoms with E-state index in [1.165, 1.54) is 31.4 Å². The standard InChI is InChI=1S/C29H19ClN2O6/c1-37-29(36)22-8-4-5-9-23(22)32-26(33)24(30)25(27(32)34)31-20-13-10-18(11-14-20)28(35)38-21-15-12-17-6-2-3-7-19(17)16-21/h2-16,31H,1H3. The SMILES string of the molecule is COC(=O)c1ccccc1N1C(=O)C(Cl)=C(Nc2ccc(C(=O)Oc3ccc4ccccc4c3)cc2)C1=O. The fraction of sp³-hybridized carbons (Fsp3) is 0.0345. The lowest BCUT2D eigenvalue weighted by Crippen LogP contribution is -2.33. The molecule has 0 saturated carbocycles. The Hall–Kier alpha value is -4.95. The summed E-state index contributed by atoms with van der Waals surface area (Å²) in [6.07, 6.45) is 0. The number of ether oxygens (including phenoxy) is 2. The average molecular weight is 527 g/mol. The van der Waals surface area contributed by atoms with E-state index in [0.29, 0.717) is 11.4 Å². The highest BCUT2D eigenvalue weighted by atomic mass is 35.5. The van der Waals surface area contributed by atoms with Crippen LogP contribution < -0.4 is 15.0 Å². The van der Waals surface area contributed by atoms with Gasteiger partial charge in [-0.15, -0.1) is 0 Å². The Labute approximate surface area is 222 Å². The summed E-state index contributed by atoms with van der Waals surface area (Å²) in [5.41, 5.74) is 0.617. The molecule has 1 aliphatic heterocycles. The molecule has 0 saturated heterocycles. The number of fused-ring (bicyclic) bond motifs is 1. The van der Waals surface area contributed by atoms with Crippen molar-refractivity contribution in [2.75, 3.05) is 17.3 Å². The van der Waals surface area contributed by atoms with Crippen molar-refractivity contribution in [3.8, 4) is 5.75 Å². The lowest BCUT2D eigenvalue weighted by atomic mass is 10.1. The highest BCUT2D eigenvalue weighted by Gasteiger charge is 2.40. The summed E-state index contributed by atoms with van der Waals surface area (Å²) in [6, 6.07) is 25.3. The second kappa shape index (κ2) is 10.2. The summed E-state index contributed by atoms with van der Waals surface area (Å²) in [5, 5.41) is 4.47. The number of carbonyl (C=O) groups is 4. The topological polar surface area (TPSA) is 102 Å². The Morgan fingerprint density at radius 3 is 2.21 bits per heavy atom. The second-order valence-corrected chi connectivity index (χ2v) is 8.62. The highest BCUT2D eigenvalue weighted by Crippen LogP contribution is 2.32. The Morgan fingerprint density at radius 2 is 1.47 bits per heavy atom. The molecule has 0 bridgehead atoms. The van der Waals surface area contributed by atoms with Crippen LogP contribution in [0.5, 0.6) is 5.75 Å². The molecule has 0 atom stereocenters. The third-order valence-corrected chi connectivity index (χ3v) is 6.25. The molecule has 0 spiro atoms. The van der Waals surface area contributed by atoms with Gasteiger partial charge in [0.15, 0.2) is 0 Å². The lowest BCUT2D eigenvalue weighted by molar-refractivity contribution is -0.120. The van der Waals surface area contributed by atoms with Gasteiger partial charge in [-0.05, 0) is 59.3 Å². The number of carbonyl (C=O) groups excluding carboxylic acids is 4. The van der Waals surface area contributed by atoms with E-state index >= 15 is 0 Å². The van der Waals surface area contributed by atoms with Gasteiger partial charge >= 0.3 is 11.9 Å². The number of amides is 2. The number of benzene rings is 4. The van der Waals surface area contributed by atoms with Gasteiger partial charge in [0, 0.05) is 5.69 Å². The number of imide groups is 1. The number of hydrogen-bond acceptors (Lipinski definition) is 7. The van der Waals surface area contributed by atoms with Gasteiger partial charge < -0.3 is 14.8 Å². The maximum Gasteiger partial charge on any atom is 0.343 e. The molecular formula is C29H19ClN2O6. The van der Waals surface area contributed by atoms with Crippen LogP contribution >= 0.6 is 11.6 Å². The van der Waals surface area contributed by atoms with Crippen LogP contribution in [0, 0.1) is 0 Å². The molecule has 4 aromatic carbocycles. The molecule has 38 heavy (non-hydrogen) atoms. The van der Waals surface area contributed by atoms with Crippen molar-refractivity contribution in [1.29, 1.82) is 0 Å². The second-order valence-electron chi connectivity index (χ2n) is 8.24. The number of hydrogen-bond donors (Lipinski definition) is 1. The first-order valence-electron chi connectivity index (χ1n) is 11.4. The van der Waals surface area contributed by atoms with Crippen molar-refractivity contribution in [1.82, 2.24) is 0 Å². The minimum atomic E-state index is -0.786. The predicted octanol–water partition coefficient (Wildman–Crippen LogP) is 5.28. The normalized spacial score (nSPS) is 13.2. The zero-order chi connectivity index (χ0) is 26.8. The summed E-state index contributed by atoms with van der Waals surface area (Å²) in [4.78, 5) is 51.6. The fourth-order valence-corrected chi connectivity index (χ4v) is 4.22. The van der Waals surface area contributed by atoms with Crippen LogP contribution in [0.4, 0.5) is 11.4 Å². The van der Waals surface area contributed by atoms with Crippen LogP contribution in [0.3, 0.4) is 0 Å². The molecule has 1 heterocycles. The maximum absolute atomic E-state index is 13.1. The molecule has 0 radical (unpaired) electrons. The predicted molar refractivity (Wildman–Crippen MR) is 142 cm³/mol. The average Bonchev–Trinajstić information content (AvgIpc) is 3.15. The van der Waals surface area contributed by atoms with Crippen LogP contribution in [0.1, 0.15) is 20.7 Å². The molecule has 0 unspecified atom stereocenters. The van der Waals surface area contributed by atoms with Crippen molar-refractivity contribution in [3.63, 3.8) is 0 Å². The van der Waals surface area contributed by atoms with E-state index < -0.39 is 23.8 Å². The van der Waals surface area contributed by atoms with Crippen molar-refractivity contribution < 1.29 is 28.7 Å². The quantitative estimate of drug-likeness (QED) is 0.207. The molecule has 0 aliphatic carbocycles. The number of para-hydroxylation sites is 1. The van der Waals surface area contributed by atoms with Crippen LogP contribution in [-0.2, 0) is 14.3 Å². The van der Waals surface area contributed by atoms with E-state index in [9.17, 15) is 19.2 Å². The number of esters is 2. The molecular weight excluding hydrogens is 508 g/mol. The number of halogens is 1. The molecule has 1 N–H and O–H groups in total. The smallest absolute Gasteiger partial charge is 0.343 e.